The van der Waals surface area contributed by atoms with E-state index in [1.807, 2.05) is 25.7 Å². The SMILES string of the molecule is CC1CCN(C(=O)OC(C)(C)C)CC(C)C1. The van der Waals surface area contributed by atoms with Gasteiger partial charge in [0.1, 0.15) is 5.60 Å². The van der Waals surface area contributed by atoms with Crippen LogP contribution in [0, 0.1) is 11.8 Å². The van der Waals surface area contributed by atoms with Gasteiger partial charge in [-0.15, -0.1) is 0 Å². The standard InChI is InChI=1S/C13H25NO2/c1-10-6-7-14(9-11(2)8-10)12(15)16-13(3,4)5/h10-11H,6-9H2,1-5H3. The lowest BCUT2D eigenvalue weighted by atomic mass is 9.97. The van der Waals surface area contributed by atoms with Crippen molar-refractivity contribution < 1.29 is 9.53 Å². The molecule has 94 valence electrons. The van der Waals surface area contributed by atoms with Crippen LogP contribution in [0.5, 0.6) is 0 Å². The second-order valence-corrected chi connectivity index (χ2v) is 6.16. The Morgan fingerprint density at radius 3 is 2.44 bits per heavy atom. The van der Waals surface area contributed by atoms with Gasteiger partial charge >= 0.3 is 6.09 Å². The fourth-order valence-corrected chi connectivity index (χ4v) is 2.22. The summed E-state index contributed by atoms with van der Waals surface area (Å²) in [6.07, 6.45) is 2.14. The Balaban J connectivity index is 2.55. The molecule has 0 N–H and O–H groups in total. The van der Waals surface area contributed by atoms with Crippen molar-refractivity contribution in [2.45, 2.75) is 53.1 Å². The Morgan fingerprint density at radius 2 is 1.88 bits per heavy atom. The van der Waals surface area contributed by atoms with Crippen molar-refractivity contribution in [3.05, 3.63) is 0 Å². The summed E-state index contributed by atoms with van der Waals surface area (Å²) in [7, 11) is 0. The number of ether oxygens (including phenoxy) is 1. The van der Waals surface area contributed by atoms with Crippen molar-refractivity contribution >= 4 is 6.09 Å². The Morgan fingerprint density at radius 1 is 1.25 bits per heavy atom. The van der Waals surface area contributed by atoms with Crippen LogP contribution in [-0.4, -0.2) is 29.7 Å². The highest BCUT2D eigenvalue weighted by Gasteiger charge is 2.26. The molecule has 1 aliphatic heterocycles. The van der Waals surface area contributed by atoms with Crippen LogP contribution < -0.4 is 0 Å². The molecule has 1 rings (SSSR count). The third kappa shape index (κ3) is 4.42. The van der Waals surface area contributed by atoms with Gasteiger partial charge in [-0.1, -0.05) is 13.8 Å². The monoisotopic (exact) mass is 227 g/mol. The molecular weight excluding hydrogens is 202 g/mol. The Labute approximate surface area is 99.1 Å². The van der Waals surface area contributed by atoms with Gasteiger partial charge in [0.05, 0.1) is 0 Å². The molecule has 1 amide bonds. The van der Waals surface area contributed by atoms with Crippen LogP contribution in [0.3, 0.4) is 0 Å². The number of carbonyl (C=O) groups excluding carboxylic acids is 1. The number of carbonyl (C=O) groups is 1. The maximum Gasteiger partial charge on any atom is 0.410 e. The van der Waals surface area contributed by atoms with E-state index < -0.39 is 5.60 Å². The van der Waals surface area contributed by atoms with Crippen molar-refractivity contribution in [3.63, 3.8) is 0 Å². The molecule has 0 spiro atoms. The third-order valence-electron chi connectivity index (χ3n) is 2.88. The predicted molar refractivity (Wildman–Crippen MR) is 65.4 cm³/mol. The zero-order chi connectivity index (χ0) is 12.3. The van der Waals surface area contributed by atoms with Crippen LogP contribution in [0.25, 0.3) is 0 Å². The number of amides is 1. The number of nitrogens with zero attached hydrogens (tertiary/aromatic N) is 1. The fourth-order valence-electron chi connectivity index (χ4n) is 2.22. The van der Waals surface area contributed by atoms with Crippen molar-refractivity contribution in [3.8, 4) is 0 Å². The van der Waals surface area contributed by atoms with Gasteiger partial charge in [0.2, 0.25) is 0 Å². The summed E-state index contributed by atoms with van der Waals surface area (Å²) in [5.74, 6) is 1.28. The van der Waals surface area contributed by atoms with Crippen molar-refractivity contribution in [2.75, 3.05) is 13.1 Å². The van der Waals surface area contributed by atoms with E-state index in [0.717, 1.165) is 19.5 Å². The number of hydrogen-bond donors (Lipinski definition) is 0. The van der Waals surface area contributed by atoms with Gasteiger partial charge in [-0.2, -0.15) is 0 Å². The smallest absolute Gasteiger partial charge is 0.410 e. The Bertz CT molecular complexity index is 245. The second-order valence-electron chi connectivity index (χ2n) is 6.16. The summed E-state index contributed by atoms with van der Waals surface area (Å²) < 4.78 is 5.40. The minimum absolute atomic E-state index is 0.159. The number of rotatable bonds is 0. The third-order valence-corrected chi connectivity index (χ3v) is 2.88. The first-order valence-corrected chi connectivity index (χ1v) is 6.26. The van der Waals surface area contributed by atoms with Crippen molar-refractivity contribution in [1.82, 2.24) is 4.90 Å². The van der Waals surface area contributed by atoms with E-state index in [0.29, 0.717) is 11.8 Å². The summed E-state index contributed by atoms with van der Waals surface area (Å²) >= 11 is 0. The van der Waals surface area contributed by atoms with Gasteiger partial charge in [-0.05, 0) is 45.4 Å². The molecule has 2 atom stereocenters. The molecule has 1 aliphatic rings. The van der Waals surface area contributed by atoms with Crippen LogP contribution in [-0.2, 0) is 4.74 Å². The minimum atomic E-state index is -0.391. The molecule has 1 heterocycles. The number of hydrogen-bond acceptors (Lipinski definition) is 2. The largest absolute Gasteiger partial charge is 0.444 e. The lowest BCUT2D eigenvalue weighted by Gasteiger charge is -2.27. The van der Waals surface area contributed by atoms with E-state index in [9.17, 15) is 4.79 Å². The summed E-state index contributed by atoms with van der Waals surface area (Å²) in [5.41, 5.74) is -0.391. The zero-order valence-corrected chi connectivity index (χ0v) is 11.2. The molecule has 0 aromatic carbocycles. The van der Waals surface area contributed by atoms with E-state index in [2.05, 4.69) is 13.8 Å². The van der Waals surface area contributed by atoms with Gasteiger partial charge in [-0.25, -0.2) is 4.79 Å². The molecule has 0 aromatic rings. The maximum absolute atomic E-state index is 11.9. The fraction of sp³-hybridized carbons (Fsp3) is 0.923. The summed E-state index contributed by atoms with van der Waals surface area (Å²) in [4.78, 5) is 13.8. The highest BCUT2D eigenvalue weighted by Crippen LogP contribution is 2.22. The van der Waals surface area contributed by atoms with Crippen LogP contribution in [0.15, 0.2) is 0 Å². The summed E-state index contributed by atoms with van der Waals surface area (Å²) in [6.45, 7) is 11.9. The molecule has 0 radical (unpaired) electrons. The summed E-state index contributed by atoms with van der Waals surface area (Å²) in [5, 5.41) is 0. The molecule has 0 saturated carbocycles. The molecule has 3 nitrogen and oxygen atoms in total. The van der Waals surface area contributed by atoms with Gasteiger partial charge in [-0.3, -0.25) is 0 Å². The van der Waals surface area contributed by atoms with Crippen LogP contribution >= 0.6 is 0 Å². The molecule has 2 unspecified atom stereocenters. The molecule has 3 heteroatoms. The highest BCUT2D eigenvalue weighted by atomic mass is 16.6. The van der Waals surface area contributed by atoms with Crippen LogP contribution in [0.2, 0.25) is 0 Å². The van der Waals surface area contributed by atoms with Gasteiger partial charge in [0.15, 0.2) is 0 Å². The molecular formula is C13H25NO2. The first-order valence-electron chi connectivity index (χ1n) is 6.26. The van der Waals surface area contributed by atoms with E-state index in [-0.39, 0.29) is 6.09 Å². The van der Waals surface area contributed by atoms with E-state index in [1.165, 1.54) is 6.42 Å². The normalized spacial score (nSPS) is 27.4. The minimum Gasteiger partial charge on any atom is -0.444 e. The predicted octanol–water partition coefficient (Wildman–Crippen LogP) is 3.29. The van der Waals surface area contributed by atoms with Crippen LogP contribution in [0.1, 0.15) is 47.5 Å². The van der Waals surface area contributed by atoms with Crippen molar-refractivity contribution in [2.24, 2.45) is 11.8 Å². The van der Waals surface area contributed by atoms with E-state index in [4.69, 9.17) is 4.74 Å². The first-order chi connectivity index (χ1) is 7.28. The summed E-state index contributed by atoms with van der Waals surface area (Å²) in [6, 6.07) is 0. The first kappa shape index (κ1) is 13.3. The molecule has 0 aliphatic carbocycles. The maximum atomic E-state index is 11.9. The molecule has 0 aromatic heterocycles. The van der Waals surface area contributed by atoms with Crippen molar-refractivity contribution in [1.29, 1.82) is 0 Å². The number of likely N-dealkylation sites (tertiary alicyclic amines) is 1. The zero-order valence-electron chi connectivity index (χ0n) is 11.2. The molecule has 1 fully saturated rings. The van der Waals surface area contributed by atoms with E-state index >= 15 is 0 Å². The van der Waals surface area contributed by atoms with Gasteiger partial charge in [0.25, 0.3) is 0 Å². The highest BCUT2D eigenvalue weighted by molar-refractivity contribution is 5.68. The molecule has 1 saturated heterocycles. The van der Waals surface area contributed by atoms with E-state index in [1.54, 1.807) is 0 Å². The lowest BCUT2D eigenvalue weighted by Crippen LogP contribution is -2.38. The second kappa shape index (κ2) is 5.07. The quantitative estimate of drug-likeness (QED) is 0.635. The van der Waals surface area contributed by atoms with Gasteiger partial charge in [0, 0.05) is 13.1 Å². The topological polar surface area (TPSA) is 29.5 Å². The molecule has 16 heavy (non-hydrogen) atoms. The molecule has 0 bridgehead atoms. The van der Waals surface area contributed by atoms with Crippen LogP contribution in [0.4, 0.5) is 4.79 Å². The van der Waals surface area contributed by atoms with Gasteiger partial charge < -0.3 is 9.64 Å². The average Bonchev–Trinajstić information content (AvgIpc) is 2.23. The average molecular weight is 227 g/mol. The lowest BCUT2D eigenvalue weighted by molar-refractivity contribution is 0.0237. The Hall–Kier alpha value is -0.730. The Kier molecular flexibility index (Phi) is 4.22.